The number of nitrogen functional groups attached to an aromatic ring is 1. The van der Waals surface area contributed by atoms with Gasteiger partial charge in [-0.15, -0.1) is 0 Å². The van der Waals surface area contributed by atoms with E-state index in [-0.39, 0.29) is 0 Å². The van der Waals surface area contributed by atoms with Gasteiger partial charge in [-0.3, -0.25) is 0 Å². The fourth-order valence-electron chi connectivity index (χ4n) is 1.01. The van der Waals surface area contributed by atoms with Crippen LogP contribution in [0.5, 0.6) is 0 Å². The van der Waals surface area contributed by atoms with Crippen LogP contribution in [0.25, 0.3) is 0 Å². The highest BCUT2D eigenvalue weighted by Crippen LogP contribution is 2.18. The van der Waals surface area contributed by atoms with Crippen LogP contribution >= 0.6 is 11.6 Å². The van der Waals surface area contributed by atoms with Gasteiger partial charge in [0.15, 0.2) is 0 Å². The van der Waals surface area contributed by atoms with Crippen molar-refractivity contribution >= 4 is 23.0 Å². The third-order valence-corrected chi connectivity index (χ3v) is 1.80. The van der Waals surface area contributed by atoms with Crippen LogP contribution in [0.4, 0.5) is 5.69 Å². The molecule has 0 unspecified atom stereocenters. The van der Waals surface area contributed by atoms with E-state index in [1.165, 1.54) is 0 Å². The highest BCUT2D eigenvalue weighted by molar-refractivity contribution is 6.30. The summed E-state index contributed by atoms with van der Waals surface area (Å²) in [5.41, 5.74) is 7.92. The number of benzene rings is 1. The molecule has 0 atom stereocenters. The number of anilines is 1. The Morgan fingerprint density at radius 3 is 2.75 bits per heavy atom. The van der Waals surface area contributed by atoms with Gasteiger partial charge in [-0.05, 0) is 24.6 Å². The van der Waals surface area contributed by atoms with Gasteiger partial charge < -0.3 is 11.1 Å². The van der Waals surface area contributed by atoms with Gasteiger partial charge in [0, 0.05) is 22.8 Å². The Morgan fingerprint density at radius 1 is 1.58 bits per heavy atom. The number of halogens is 1. The van der Waals surface area contributed by atoms with Crippen molar-refractivity contribution in [3.8, 4) is 0 Å². The van der Waals surface area contributed by atoms with Gasteiger partial charge in [-0.2, -0.15) is 0 Å². The molecule has 0 aromatic heterocycles. The molecule has 1 aromatic rings. The molecule has 0 saturated heterocycles. The van der Waals surface area contributed by atoms with Crippen molar-refractivity contribution < 1.29 is 0 Å². The summed E-state index contributed by atoms with van der Waals surface area (Å²) in [6, 6.07) is 5.35. The summed E-state index contributed by atoms with van der Waals surface area (Å²) >= 11 is 5.72. The molecule has 0 aliphatic heterocycles. The highest BCUT2D eigenvalue weighted by Gasteiger charge is 2.00. The summed E-state index contributed by atoms with van der Waals surface area (Å²) in [4.78, 5) is 0. The molecule has 0 bridgehead atoms. The Bertz CT molecular complexity index is 307. The molecule has 1 rings (SSSR count). The van der Waals surface area contributed by atoms with E-state index in [1.807, 2.05) is 6.07 Å². The first-order chi connectivity index (χ1) is 5.59. The van der Waals surface area contributed by atoms with Gasteiger partial charge >= 0.3 is 0 Å². The fourth-order valence-corrected chi connectivity index (χ4v) is 1.19. The number of hydrogen-bond donors (Lipinski definition) is 2. The predicted octanol–water partition coefficient (Wildman–Crippen LogP) is 2.50. The number of nitrogens with one attached hydrogen (secondary N) is 1. The van der Waals surface area contributed by atoms with Gasteiger partial charge in [0.05, 0.1) is 0 Å². The van der Waals surface area contributed by atoms with Crippen molar-refractivity contribution in [1.82, 2.24) is 0 Å². The molecular weight excluding hydrogens is 172 g/mol. The summed E-state index contributed by atoms with van der Waals surface area (Å²) in [5.74, 6) is 0. The summed E-state index contributed by atoms with van der Waals surface area (Å²) in [6.07, 6.45) is 0.600. The minimum absolute atomic E-state index is 0.600. The van der Waals surface area contributed by atoms with Crippen LogP contribution in [-0.2, 0) is 6.42 Å². The molecule has 64 valence electrons. The average molecular weight is 183 g/mol. The SMILES string of the molecule is CC(=N)Cc1ccc(Cl)cc1N. The van der Waals surface area contributed by atoms with E-state index in [9.17, 15) is 0 Å². The molecule has 0 heterocycles. The van der Waals surface area contributed by atoms with Crippen LogP contribution in [0.1, 0.15) is 12.5 Å². The van der Waals surface area contributed by atoms with Crippen molar-refractivity contribution in [3.05, 3.63) is 28.8 Å². The van der Waals surface area contributed by atoms with Crippen LogP contribution < -0.4 is 5.73 Å². The zero-order chi connectivity index (χ0) is 9.14. The zero-order valence-electron chi connectivity index (χ0n) is 6.89. The summed E-state index contributed by atoms with van der Waals surface area (Å²) in [6.45, 7) is 1.76. The quantitative estimate of drug-likeness (QED) is 0.536. The first kappa shape index (κ1) is 9.07. The lowest BCUT2D eigenvalue weighted by molar-refractivity contribution is 1.27. The predicted molar refractivity (Wildman–Crippen MR) is 53.0 cm³/mol. The van der Waals surface area contributed by atoms with Gasteiger partial charge in [-0.25, -0.2) is 0 Å². The van der Waals surface area contributed by atoms with Crippen LogP contribution in [0.2, 0.25) is 5.02 Å². The first-order valence-corrected chi connectivity index (χ1v) is 4.05. The van der Waals surface area contributed by atoms with Gasteiger partial charge in [-0.1, -0.05) is 17.7 Å². The topological polar surface area (TPSA) is 49.9 Å². The van der Waals surface area contributed by atoms with E-state index in [2.05, 4.69) is 0 Å². The lowest BCUT2D eigenvalue weighted by atomic mass is 10.1. The van der Waals surface area contributed by atoms with Gasteiger partial charge in [0.2, 0.25) is 0 Å². The minimum atomic E-state index is 0.600. The molecule has 2 nitrogen and oxygen atoms in total. The molecule has 3 heteroatoms. The second-order valence-corrected chi connectivity index (χ2v) is 3.24. The van der Waals surface area contributed by atoms with Crippen LogP contribution in [-0.4, -0.2) is 5.71 Å². The summed E-state index contributed by atoms with van der Waals surface area (Å²) < 4.78 is 0. The van der Waals surface area contributed by atoms with Gasteiger partial charge in [0.1, 0.15) is 0 Å². The maximum Gasteiger partial charge on any atom is 0.0426 e. The van der Waals surface area contributed by atoms with E-state index >= 15 is 0 Å². The standard InChI is InChI=1S/C9H11ClN2/c1-6(11)4-7-2-3-8(10)5-9(7)12/h2-3,5,11H,4,12H2,1H3. The normalized spacial score (nSPS) is 9.83. The van der Waals surface area contributed by atoms with E-state index in [1.54, 1.807) is 19.1 Å². The minimum Gasteiger partial charge on any atom is -0.398 e. The molecule has 1 aromatic carbocycles. The molecule has 12 heavy (non-hydrogen) atoms. The monoisotopic (exact) mass is 182 g/mol. The van der Waals surface area contributed by atoms with Gasteiger partial charge in [0.25, 0.3) is 0 Å². The second kappa shape index (κ2) is 3.59. The van der Waals surface area contributed by atoms with E-state index in [0.29, 0.717) is 22.8 Å². The Kier molecular flexibility index (Phi) is 2.71. The Hall–Kier alpha value is -1.02. The number of nitrogens with two attached hydrogens (primary N) is 1. The smallest absolute Gasteiger partial charge is 0.0426 e. The molecule has 0 spiro atoms. The second-order valence-electron chi connectivity index (χ2n) is 2.80. The lowest BCUT2D eigenvalue weighted by Gasteiger charge is -2.03. The number of hydrogen-bond acceptors (Lipinski definition) is 2. The van der Waals surface area contributed by atoms with Crippen LogP contribution in [0, 0.1) is 5.41 Å². The molecule has 0 radical (unpaired) electrons. The third-order valence-electron chi connectivity index (χ3n) is 1.56. The fraction of sp³-hybridized carbons (Fsp3) is 0.222. The zero-order valence-corrected chi connectivity index (χ0v) is 7.65. The third kappa shape index (κ3) is 2.24. The van der Waals surface area contributed by atoms with E-state index < -0.39 is 0 Å². The lowest BCUT2D eigenvalue weighted by Crippen LogP contribution is -1.99. The van der Waals surface area contributed by atoms with E-state index in [4.69, 9.17) is 22.7 Å². The molecular formula is C9H11ClN2. The van der Waals surface area contributed by atoms with Crippen molar-refractivity contribution in [2.24, 2.45) is 0 Å². The molecule has 0 saturated carbocycles. The molecule has 0 aliphatic carbocycles. The van der Waals surface area contributed by atoms with Crippen molar-refractivity contribution in [3.63, 3.8) is 0 Å². The molecule has 3 N–H and O–H groups in total. The Morgan fingerprint density at radius 2 is 2.25 bits per heavy atom. The summed E-state index contributed by atoms with van der Waals surface area (Å²) in [7, 11) is 0. The Balaban J connectivity index is 2.93. The maximum atomic E-state index is 7.29. The number of rotatable bonds is 2. The Labute approximate surface area is 76.9 Å². The average Bonchev–Trinajstić information content (AvgIpc) is 1.94. The van der Waals surface area contributed by atoms with Crippen molar-refractivity contribution in [2.45, 2.75) is 13.3 Å². The van der Waals surface area contributed by atoms with E-state index in [0.717, 1.165) is 5.56 Å². The van der Waals surface area contributed by atoms with Crippen LogP contribution in [0.15, 0.2) is 18.2 Å². The van der Waals surface area contributed by atoms with Crippen molar-refractivity contribution in [1.29, 1.82) is 5.41 Å². The maximum absolute atomic E-state index is 7.29. The molecule has 0 fully saturated rings. The molecule has 0 aliphatic rings. The largest absolute Gasteiger partial charge is 0.398 e. The highest BCUT2D eigenvalue weighted by atomic mass is 35.5. The van der Waals surface area contributed by atoms with Crippen molar-refractivity contribution in [2.75, 3.05) is 5.73 Å². The van der Waals surface area contributed by atoms with Crippen LogP contribution in [0.3, 0.4) is 0 Å². The molecule has 0 amide bonds. The summed E-state index contributed by atoms with van der Waals surface area (Å²) in [5, 5.41) is 7.93. The first-order valence-electron chi connectivity index (χ1n) is 3.67.